The average Bonchev–Trinajstić information content (AvgIpc) is 2.72. The predicted octanol–water partition coefficient (Wildman–Crippen LogP) is 0.933. The summed E-state index contributed by atoms with van der Waals surface area (Å²) in [6, 6.07) is 9.01. The normalized spacial score (nSPS) is 13.5. The second-order valence-corrected chi connectivity index (χ2v) is 4.26. The number of nitrogens with zero attached hydrogens (tertiary/aromatic N) is 2. The maximum absolute atomic E-state index is 12.2. The zero-order chi connectivity index (χ0) is 14.3. The fourth-order valence-electron chi connectivity index (χ4n) is 2.13. The first-order valence-corrected chi connectivity index (χ1v) is 5.79. The van der Waals surface area contributed by atoms with Crippen LogP contribution >= 0.6 is 0 Å². The molecule has 1 aromatic heterocycles. The Bertz CT molecular complexity index is 720. The number of fused-ring (bicyclic) bond motifs is 1. The maximum Gasteiger partial charge on any atom is 0.349 e. The van der Waals surface area contributed by atoms with Gasteiger partial charge in [-0.05, 0) is 18.2 Å². The van der Waals surface area contributed by atoms with Crippen molar-refractivity contribution in [1.29, 1.82) is 0 Å². The number of carbonyl (C=O) groups is 3. The predicted molar refractivity (Wildman–Crippen MR) is 68.4 cm³/mol. The highest BCUT2D eigenvalue weighted by molar-refractivity contribution is 6.33. The summed E-state index contributed by atoms with van der Waals surface area (Å²) >= 11 is 0. The summed E-state index contributed by atoms with van der Waals surface area (Å²) < 4.78 is 0.339. The van der Waals surface area contributed by atoms with E-state index >= 15 is 0 Å². The van der Waals surface area contributed by atoms with E-state index in [4.69, 9.17) is 0 Å². The second-order valence-electron chi connectivity index (χ2n) is 4.26. The van der Waals surface area contributed by atoms with E-state index in [2.05, 4.69) is 0 Å². The Labute approximate surface area is 113 Å². The summed E-state index contributed by atoms with van der Waals surface area (Å²) in [5, 5.41) is 11.8. The molecule has 1 aliphatic rings. The summed E-state index contributed by atoms with van der Waals surface area (Å²) in [6.45, 7) is 0. The molecule has 0 saturated heterocycles. The van der Waals surface area contributed by atoms with Crippen LogP contribution in [0.4, 0.5) is 5.82 Å². The molecule has 0 atom stereocenters. The number of anilines is 1. The van der Waals surface area contributed by atoms with Gasteiger partial charge in [0.25, 0.3) is 5.82 Å². The number of benzene rings is 1. The van der Waals surface area contributed by atoms with Gasteiger partial charge in [-0.3, -0.25) is 4.79 Å². The van der Waals surface area contributed by atoms with Crippen molar-refractivity contribution in [3.63, 3.8) is 0 Å². The smallest absolute Gasteiger partial charge is 0.349 e. The van der Waals surface area contributed by atoms with Gasteiger partial charge in [-0.25, -0.2) is 14.3 Å². The lowest BCUT2D eigenvalue weighted by Gasteiger charge is -2.12. The van der Waals surface area contributed by atoms with Crippen LogP contribution in [0.25, 0.3) is 0 Å². The third kappa shape index (κ3) is 1.58. The number of aldehydes is 1. The molecule has 0 saturated carbocycles. The standard InChI is InChI=1S/C14H8N2O4/c17-8-9-5-6-12(15(20)7-9)16-13(18)10-3-1-2-4-11(10)14(16)19/h1-8H. The first-order valence-electron chi connectivity index (χ1n) is 5.79. The first kappa shape index (κ1) is 12.0. The average molecular weight is 268 g/mol. The van der Waals surface area contributed by atoms with E-state index in [0.29, 0.717) is 11.0 Å². The molecule has 0 spiro atoms. The lowest BCUT2D eigenvalue weighted by Crippen LogP contribution is -2.41. The molecule has 2 aromatic rings. The molecule has 0 unspecified atom stereocenters. The van der Waals surface area contributed by atoms with Crippen molar-refractivity contribution in [3.8, 4) is 0 Å². The Balaban J connectivity index is 2.11. The molecule has 98 valence electrons. The Hall–Kier alpha value is -3.02. The highest BCUT2D eigenvalue weighted by atomic mass is 16.5. The van der Waals surface area contributed by atoms with E-state index in [9.17, 15) is 19.6 Å². The van der Waals surface area contributed by atoms with Crippen LogP contribution in [0.15, 0.2) is 42.6 Å². The van der Waals surface area contributed by atoms with Crippen LogP contribution in [0.3, 0.4) is 0 Å². The van der Waals surface area contributed by atoms with Crippen LogP contribution in [0.1, 0.15) is 31.1 Å². The minimum absolute atomic E-state index is 0.123. The number of aromatic nitrogens is 1. The highest BCUT2D eigenvalue weighted by Gasteiger charge is 2.44. The van der Waals surface area contributed by atoms with Gasteiger partial charge in [0.15, 0.2) is 6.29 Å². The lowest BCUT2D eigenvalue weighted by atomic mass is 10.1. The van der Waals surface area contributed by atoms with E-state index in [0.717, 1.165) is 11.1 Å². The molecule has 6 nitrogen and oxygen atoms in total. The fourth-order valence-corrected chi connectivity index (χ4v) is 2.13. The monoisotopic (exact) mass is 268 g/mol. The number of hydrogen-bond acceptors (Lipinski definition) is 4. The van der Waals surface area contributed by atoms with Crippen molar-refractivity contribution in [3.05, 3.63) is 64.5 Å². The molecule has 3 rings (SSSR count). The van der Waals surface area contributed by atoms with Crippen molar-refractivity contribution in [1.82, 2.24) is 0 Å². The van der Waals surface area contributed by atoms with Crippen molar-refractivity contribution in [2.75, 3.05) is 4.90 Å². The number of rotatable bonds is 2. The van der Waals surface area contributed by atoms with Crippen LogP contribution in [0.5, 0.6) is 0 Å². The van der Waals surface area contributed by atoms with Gasteiger partial charge in [0.05, 0.1) is 16.7 Å². The van der Waals surface area contributed by atoms with Gasteiger partial charge in [0.1, 0.15) is 6.20 Å². The highest BCUT2D eigenvalue weighted by Crippen LogP contribution is 2.26. The molecular formula is C14H8N2O4. The largest absolute Gasteiger partial charge is 0.711 e. The van der Waals surface area contributed by atoms with Gasteiger partial charge < -0.3 is 5.21 Å². The summed E-state index contributed by atoms with van der Waals surface area (Å²) in [5.74, 6) is -1.22. The number of imide groups is 1. The minimum Gasteiger partial charge on any atom is -0.711 e. The van der Waals surface area contributed by atoms with E-state index in [1.807, 2.05) is 0 Å². The molecule has 6 heteroatoms. The Morgan fingerprint density at radius 1 is 1.00 bits per heavy atom. The lowest BCUT2D eigenvalue weighted by molar-refractivity contribution is -0.591. The van der Waals surface area contributed by atoms with Crippen molar-refractivity contribution >= 4 is 23.9 Å². The second kappa shape index (κ2) is 4.27. The summed E-state index contributed by atoms with van der Waals surface area (Å²) in [5.41, 5.74) is 0.689. The molecule has 2 amide bonds. The molecule has 1 aromatic carbocycles. The fraction of sp³-hybridized carbons (Fsp3) is 0. The van der Waals surface area contributed by atoms with Gasteiger partial charge in [0.2, 0.25) is 0 Å². The SMILES string of the molecule is O=Cc1ccc(N2C(=O)c3ccccc3C2=O)[n+]([O-])c1. The number of amides is 2. The van der Waals surface area contributed by atoms with Crippen LogP contribution < -0.4 is 9.63 Å². The maximum atomic E-state index is 12.2. The van der Waals surface area contributed by atoms with Crippen molar-refractivity contribution in [2.45, 2.75) is 0 Å². The van der Waals surface area contributed by atoms with Crippen LogP contribution in [0, 0.1) is 5.21 Å². The molecule has 0 N–H and O–H groups in total. The van der Waals surface area contributed by atoms with Crippen molar-refractivity contribution < 1.29 is 19.1 Å². The van der Waals surface area contributed by atoms with Gasteiger partial charge in [-0.1, -0.05) is 12.1 Å². The van der Waals surface area contributed by atoms with Gasteiger partial charge >= 0.3 is 11.8 Å². The van der Waals surface area contributed by atoms with Gasteiger partial charge in [-0.15, -0.1) is 4.90 Å². The first-order chi connectivity index (χ1) is 9.63. The molecule has 0 aliphatic carbocycles. The van der Waals surface area contributed by atoms with Gasteiger partial charge in [-0.2, -0.15) is 0 Å². The summed E-state index contributed by atoms with van der Waals surface area (Å²) in [6.07, 6.45) is 1.53. The zero-order valence-electron chi connectivity index (χ0n) is 10.1. The van der Waals surface area contributed by atoms with Crippen LogP contribution in [-0.2, 0) is 0 Å². The number of pyridine rings is 1. The Kier molecular flexibility index (Phi) is 2.57. The summed E-state index contributed by atoms with van der Waals surface area (Å²) in [4.78, 5) is 35.8. The van der Waals surface area contributed by atoms with E-state index in [-0.39, 0.29) is 22.5 Å². The Morgan fingerprint density at radius 2 is 1.60 bits per heavy atom. The molecule has 0 fully saturated rings. The third-order valence-electron chi connectivity index (χ3n) is 3.08. The van der Waals surface area contributed by atoms with Crippen molar-refractivity contribution in [2.24, 2.45) is 0 Å². The van der Waals surface area contributed by atoms with E-state index in [1.54, 1.807) is 12.1 Å². The zero-order valence-corrected chi connectivity index (χ0v) is 10.1. The quantitative estimate of drug-likeness (QED) is 0.351. The van der Waals surface area contributed by atoms with Crippen LogP contribution in [0.2, 0.25) is 0 Å². The number of carbonyl (C=O) groups excluding carboxylic acids is 3. The molecule has 20 heavy (non-hydrogen) atoms. The molecule has 2 heterocycles. The minimum atomic E-state index is -0.547. The molecule has 0 bridgehead atoms. The van der Waals surface area contributed by atoms with E-state index < -0.39 is 11.8 Å². The number of hydrogen-bond donors (Lipinski definition) is 0. The molecule has 1 aliphatic heterocycles. The topological polar surface area (TPSA) is 81.4 Å². The third-order valence-corrected chi connectivity index (χ3v) is 3.08. The van der Waals surface area contributed by atoms with E-state index in [1.165, 1.54) is 24.3 Å². The van der Waals surface area contributed by atoms with Gasteiger partial charge in [0, 0.05) is 6.07 Å². The molecular weight excluding hydrogens is 260 g/mol. The molecule has 0 radical (unpaired) electrons. The van der Waals surface area contributed by atoms with Crippen LogP contribution in [-0.4, -0.2) is 18.1 Å². The summed E-state index contributed by atoms with van der Waals surface area (Å²) in [7, 11) is 0. The Morgan fingerprint density at radius 3 is 2.10 bits per heavy atom.